The van der Waals surface area contributed by atoms with Gasteiger partial charge in [-0.3, -0.25) is 9.52 Å². The van der Waals surface area contributed by atoms with Gasteiger partial charge in [-0.1, -0.05) is 55.0 Å². The molecule has 4 aromatic rings. The molecule has 1 saturated carbocycles. The number of aromatic hydroxyl groups is 1. The van der Waals surface area contributed by atoms with E-state index in [0.717, 1.165) is 37.5 Å². The molecule has 1 fully saturated rings. The topological polar surface area (TPSA) is 114 Å². The number of sulfonamides is 1. The SMILES string of the molecule is O=C1CCCCCc2oc(=O)c(C(c3cccc(NS(=O)(=O)c4cccc5ccccc45)c3)C3CC3)c(O)c21. The van der Waals surface area contributed by atoms with Crippen molar-refractivity contribution < 1.29 is 22.7 Å². The zero-order valence-electron chi connectivity index (χ0n) is 21.4. The third-order valence-corrected chi connectivity index (χ3v) is 9.17. The second-order valence-electron chi connectivity index (χ2n) is 10.5. The summed E-state index contributed by atoms with van der Waals surface area (Å²) < 4.78 is 35.2. The van der Waals surface area contributed by atoms with Crippen LogP contribution in [0.15, 0.2) is 80.8 Å². The second-order valence-corrected chi connectivity index (χ2v) is 12.1. The van der Waals surface area contributed by atoms with Gasteiger partial charge in [-0.25, -0.2) is 13.2 Å². The number of ketones is 1. The van der Waals surface area contributed by atoms with E-state index in [4.69, 9.17) is 4.42 Å². The van der Waals surface area contributed by atoms with Crippen molar-refractivity contribution in [3.05, 3.63) is 99.6 Å². The molecule has 200 valence electrons. The molecule has 1 unspecified atom stereocenters. The van der Waals surface area contributed by atoms with Gasteiger partial charge < -0.3 is 9.52 Å². The fourth-order valence-electron chi connectivity index (χ4n) is 5.73. The monoisotopic (exact) mass is 543 g/mol. The minimum atomic E-state index is -3.92. The van der Waals surface area contributed by atoms with Gasteiger partial charge in [0, 0.05) is 29.8 Å². The number of carbonyl (C=O) groups is 1. The van der Waals surface area contributed by atoms with Gasteiger partial charge in [-0.15, -0.1) is 0 Å². The molecule has 2 aliphatic rings. The number of hydrogen-bond acceptors (Lipinski definition) is 6. The van der Waals surface area contributed by atoms with Crippen LogP contribution in [0.5, 0.6) is 5.75 Å². The molecular formula is C31H29NO6S. The van der Waals surface area contributed by atoms with Gasteiger partial charge in [-0.2, -0.15) is 0 Å². The Kier molecular flexibility index (Phi) is 6.51. The van der Waals surface area contributed by atoms with Crippen molar-refractivity contribution in [1.29, 1.82) is 0 Å². The Hall–Kier alpha value is -3.91. The number of hydrogen-bond donors (Lipinski definition) is 2. The molecular weight excluding hydrogens is 514 g/mol. The van der Waals surface area contributed by atoms with Gasteiger partial charge in [0.15, 0.2) is 5.78 Å². The van der Waals surface area contributed by atoms with E-state index in [1.807, 2.05) is 24.3 Å². The van der Waals surface area contributed by atoms with E-state index in [9.17, 15) is 23.1 Å². The molecule has 1 heterocycles. The van der Waals surface area contributed by atoms with Crippen LogP contribution in [0.3, 0.4) is 0 Å². The molecule has 0 amide bonds. The summed E-state index contributed by atoms with van der Waals surface area (Å²) in [7, 11) is -3.92. The fourth-order valence-corrected chi connectivity index (χ4v) is 7.01. The van der Waals surface area contributed by atoms with Gasteiger partial charge in [0.05, 0.1) is 16.0 Å². The van der Waals surface area contributed by atoms with Crippen molar-refractivity contribution in [3.63, 3.8) is 0 Å². The normalized spacial score (nSPS) is 16.8. The summed E-state index contributed by atoms with van der Waals surface area (Å²) >= 11 is 0. The number of anilines is 1. The number of carbonyl (C=O) groups excluding carboxylic acids is 1. The first-order valence-electron chi connectivity index (χ1n) is 13.4. The summed E-state index contributed by atoms with van der Waals surface area (Å²) in [5.74, 6) is -0.681. The smallest absolute Gasteiger partial charge is 0.343 e. The van der Waals surface area contributed by atoms with Crippen LogP contribution in [-0.2, 0) is 16.4 Å². The van der Waals surface area contributed by atoms with Crippen molar-refractivity contribution in [2.24, 2.45) is 5.92 Å². The van der Waals surface area contributed by atoms with Crippen LogP contribution in [0.2, 0.25) is 0 Å². The van der Waals surface area contributed by atoms with Crippen LogP contribution in [0.25, 0.3) is 10.8 Å². The molecule has 7 nitrogen and oxygen atoms in total. The van der Waals surface area contributed by atoms with Crippen molar-refractivity contribution in [3.8, 4) is 5.75 Å². The largest absolute Gasteiger partial charge is 0.506 e. The molecule has 1 aromatic heterocycles. The van der Waals surface area contributed by atoms with Crippen LogP contribution >= 0.6 is 0 Å². The van der Waals surface area contributed by atoms with Crippen LogP contribution in [0, 0.1) is 5.92 Å². The maximum absolute atomic E-state index is 13.4. The summed E-state index contributed by atoms with van der Waals surface area (Å²) in [5, 5.41) is 12.8. The van der Waals surface area contributed by atoms with Crippen LogP contribution in [-0.4, -0.2) is 19.3 Å². The van der Waals surface area contributed by atoms with E-state index in [-0.39, 0.29) is 39.2 Å². The standard InChI is InChI=1S/C31H29NO6S/c33-24-13-2-1-3-14-25-28(24)30(34)29(31(35)38-25)27(20-16-17-20)21-10-6-11-22(18-21)32-39(36,37)26-15-7-9-19-8-4-5-12-23(19)26/h4-12,15,18,20,27,32,34H,1-3,13-14,16-17H2. The molecule has 0 aliphatic heterocycles. The third kappa shape index (κ3) is 4.85. The van der Waals surface area contributed by atoms with Crippen LogP contribution in [0.1, 0.15) is 71.7 Å². The first-order valence-corrected chi connectivity index (χ1v) is 14.8. The van der Waals surface area contributed by atoms with Crippen LogP contribution in [0.4, 0.5) is 5.69 Å². The molecule has 39 heavy (non-hydrogen) atoms. The van der Waals surface area contributed by atoms with Gasteiger partial charge >= 0.3 is 5.63 Å². The molecule has 2 aliphatic carbocycles. The number of fused-ring (bicyclic) bond motifs is 2. The molecule has 2 N–H and O–H groups in total. The second kappa shape index (κ2) is 10.0. The number of aryl methyl sites for hydroxylation is 1. The molecule has 3 aromatic carbocycles. The van der Waals surface area contributed by atoms with Gasteiger partial charge in [-0.05, 0) is 60.7 Å². The van der Waals surface area contributed by atoms with Gasteiger partial charge in [0.2, 0.25) is 0 Å². The van der Waals surface area contributed by atoms with Gasteiger partial charge in [0.1, 0.15) is 11.5 Å². The van der Waals surface area contributed by atoms with Crippen LogP contribution < -0.4 is 10.3 Å². The summed E-state index contributed by atoms with van der Waals surface area (Å²) in [6.45, 7) is 0. The Morgan fingerprint density at radius 1 is 0.897 bits per heavy atom. The Bertz CT molecular complexity index is 1750. The fraction of sp³-hybridized carbons (Fsp3) is 0.290. The molecule has 8 heteroatoms. The Balaban J connectivity index is 1.40. The summed E-state index contributed by atoms with van der Waals surface area (Å²) in [6.07, 6.45) is 4.81. The minimum absolute atomic E-state index is 0.0745. The predicted octanol–water partition coefficient (Wildman–Crippen LogP) is 6.14. The molecule has 1 atom stereocenters. The Morgan fingerprint density at radius 3 is 2.46 bits per heavy atom. The quantitative estimate of drug-likeness (QED) is 0.302. The highest BCUT2D eigenvalue weighted by atomic mass is 32.2. The lowest BCUT2D eigenvalue weighted by Crippen LogP contribution is -2.21. The first-order chi connectivity index (χ1) is 18.8. The van der Waals surface area contributed by atoms with Gasteiger partial charge in [0.25, 0.3) is 10.0 Å². The zero-order valence-corrected chi connectivity index (χ0v) is 22.2. The molecule has 0 radical (unpaired) electrons. The van der Waals surface area contributed by atoms with E-state index in [0.29, 0.717) is 29.5 Å². The lowest BCUT2D eigenvalue weighted by atomic mass is 9.85. The highest BCUT2D eigenvalue weighted by Crippen LogP contribution is 2.49. The average molecular weight is 544 g/mol. The van der Waals surface area contributed by atoms with Crippen molar-refractivity contribution in [2.75, 3.05) is 4.72 Å². The Labute approximate surface area is 226 Å². The van der Waals surface area contributed by atoms with Crippen molar-refractivity contribution >= 4 is 32.3 Å². The summed E-state index contributed by atoms with van der Waals surface area (Å²) in [5.41, 5.74) is 0.592. The highest BCUT2D eigenvalue weighted by Gasteiger charge is 2.39. The predicted molar refractivity (Wildman–Crippen MR) is 149 cm³/mol. The molecule has 0 bridgehead atoms. The van der Waals surface area contributed by atoms with E-state index < -0.39 is 21.6 Å². The van der Waals surface area contributed by atoms with E-state index in [2.05, 4.69) is 4.72 Å². The molecule has 0 spiro atoms. The zero-order chi connectivity index (χ0) is 27.1. The minimum Gasteiger partial charge on any atom is -0.506 e. The lowest BCUT2D eigenvalue weighted by molar-refractivity contribution is 0.0968. The molecule has 0 saturated heterocycles. The summed E-state index contributed by atoms with van der Waals surface area (Å²) in [6, 6.07) is 19.3. The number of benzene rings is 3. The first kappa shape index (κ1) is 25.4. The van der Waals surface area contributed by atoms with E-state index in [1.165, 1.54) is 0 Å². The number of nitrogens with one attached hydrogen (secondary N) is 1. The maximum Gasteiger partial charge on any atom is 0.343 e. The highest BCUT2D eigenvalue weighted by molar-refractivity contribution is 7.93. The van der Waals surface area contributed by atoms with Crippen molar-refractivity contribution in [2.45, 2.75) is 55.8 Å². The molecule has 6 rings (SSSR count). The Morgan fingerprint density at radius 2 is 1.64 bits per heavy atom. The van der Waals surface area contributed by atoms with Crippen molar-refractivity contribution in [1.82, 2.24) is 0 Å². The summed E-state index contributed by atoms with van der Waals surface area (Å²) in [4.78, 5) is 26.3. The van der Waals surface area contributed by atoms with E-state index >= 15 is 0 Å². The number of Topliss-reactive ketones (excluding diaryl/α,β-unsaturated/α-hetero) is 1. The average Bonchev–Trinajstić information content (AvgIpc) is 3.74. The maximum atomic E-state index is 13.4. The number of rotatable bonds is 6. The lowest BCUT2D eigenvalue weighted by Gasteiger charge is -2.21. The third-order valence-electron chi connectivity index (χ3n) is 7.73. The van der Waals surface area contributed by atoms with E-state index in [1.54, 1.807) is 42.5 Å².